The van der Waals surface area contributed by atoms with E-state index in [1.807, 2.05) is 31.2 Å². The van der Waals surface area contributed by atoms with Crippen molar-refractivity contribution in [3.63, 3.8) is 0 Å². The van der Waals surface area contributed by atoms with Gasteiger partial charge in [-0.3, -0.25) is 9.59 Å². The molecule has 0 radical (unpaired) electrons. The van der Waals surface area contributed by atoms with Crippen LogP contribution in [0.3, 0.4) is 0 Å². The van der Waals surface area contributed by atoms with Crippen LogP contribution >= 0.6 is 0 Å². The third kappa shape index (κ3) is 8.37. The minimum absolute atomic E-state index is 0.00935. The highest BCUT2D eigenvalue weighted by molar-refractivity contribution is 5.97. The van der Waals surface area contributed by atoms with E-state index in [0.717, 1.165) is 36.3 Å². The number of ketones is 1. The zero-order chi connectivity index (χ0) is 25.0. The summed E-state index contributed by atoms with van der Waals surface area (Å²) in [6.07, 6.45) is 3.24. The van der Waals surface area contributed by atoms with Crippen LogP contribution in [0.15, 0.2) is 48.5 Å². The van der Waals surface area contributed by atoms with Crippen LogP contribution in [0.4, 0.5) is 17.6 Å². The Hall–Kier alpha value is -4.01. The van der Waals surface area contributed by atoms with Gasteiger partial charge in [0.25, 0.3) is 0 Å². The number of aromatic nitrogens is 3. The summed E-state index contributed by atoms with van der Waals surface area (Å²) in [7, 11) is 0. The fourth-order valence-electron chi connectivity index (χ4n) is 3.25. The van der Waals surface area contributed by atoms with Crippen molar-refractivity contribution < 1.29 is 19.1 Å². The largest absolute Gasteiger partial charge is 0.494 e. The van der Waals surface area contributed by atoms with Crippen molar-refractivity contribution >= 4 is 29.3 Å². The third-order valence-electron chi connectivity index (χ3n) is 5.20. The summed E-state index contributed by atoms with van der Waals surface area (Å²) in [5.41, 5.74) is 8.14. The summed E-state index contributed by atoms with van der Waals surface area (Å²) < 4.78 is 10.9. The van der Waals surface area contributed by atoms with Crippen LogP contribution in [0.5, 0.6) is 5.75 Å². The van der Waals surface area contributed by atoms with E-state index in [0.29, 0.717) is 12.2 Å². The van der Waals surface area contributed by atoms with Crippen molar-refractivity contribution in [3.8, 4) is 5.75 Å². The first kappa shape index (κ1) is 25.6. The molecule has 3 N–H and O–H groups in total. The Morgan fingerprint density at radius 3 is 2.49 bits per heavy atom. The zero-order valence-corrected chi connectivity index (χ0v) is 20.1. The molecule has 0 saturated carbocycles. The van der Waals surface area contributed by atoms with Gasteiger partial charge in [0, 0.05) is 17.7 Å². The average Bonchev–Trinajstić information content (AvgIpc) is 2.85. The first-order valence-electron chi connectivity index (χ1n) is 11.7. The van der Waals surface area contributed by atoms with Crippen molar-refractivity contribution in [2.24, 2.45) is 0 Å². The van der Waals surface area contributed by atoms with Crippen molar-refractivity contribution in [3.05, 3.63) is 65.5 Å². The van der Waals surface area contributed by atoms with Crippen LogP contribution in [0.2, 0.25) is 0 Å². The Labute approximate surface area is 205 Å². The molecule has 0 aliphatic carbocycles. The van der Waals surface area contributed by atoms with E-state index in [-0.39, 0.29) is 43.0 Å². The van der Waals surface area contributed by atoms with Gasteiger partial charge >= 0.3 is 5.97 Å². The number of aryl methyl sites for hydroxylation is 1. The quantitative estimate of drug-likeness (QED) is 0.203. The number of nitrogen functional groups attached to an aromatic ring is 1. The number of ether oxygens (including phenoxy) is 2. The molecule has 9 heteroatoms. The van der Waals surface area contributed by atoms with Crippen LogP contribution in [-0.4, -0.2) is 33.3 Å². The van der Waals surface area contributed by atoms with E-state index in [1.165, 1.54) is 0 Å². The normalized spacial score (nSPS) is 10.6. The lowest BCUT2D eigenvalue weighted by Crippen LogP contribution is -2.12. The SMILES string of the molecule is CCCCCOc1ccc(C(=O)CCC(=O)OCc2nc(N)nc(Nc3ccccc3C)n2)cc1. The number of para-hydroxylation sites is 1. The number of nitrogens with zero attached hydrogens (tertiary/aromatic N) is 3. The Morgan fingerprint density at radius 2 is 1.74 bits per heavy atom. The highest BCUT2D eigenvalue weighted by Crippen LogP contribution is 2.18. The molecule has 3 rings (SSSR count). The average molecular weight is 478 g/mol. The summed E-state index contributed by atoms with van der Waals surface area (Å²) >= 11 is 0. The number of nitrogens with two attached hydrogens (primary N) is 1. The molecule has 0 aliphatic heterocycles. The Balaban J connectivity index is 1.46. The fraction of sp³-hybridized carbons (Fsp3) is 0.346. The number of rotatable bonds is 13. The second kappa shape index (κ2) is 13.0. The molecule has 0 saturated heterocycles. The number of hydrogen-bond donors (Lipinski definition) is 2. The molecule has 35 heavy (non-hydrogen) atoms. The van der Waals surface area contributed by atoms with E-state index in [1.54, 1.807) is 24.3 Å². The summed E-state index contributed by atoms with van der Waals surface area (Å²) in [6, 6.07) is 14.6. The third-order valence-corrected chi connectivity index (χ3v) is 5.20. The van der Waals surface area contributed by atoms with Gasteiger partial charge in [-0.25, -0.2) is 0 Å². The van der Waals surface area contributed by atoms with Gasteiger partial charge < -0.3 is 20.5 Å². The van der Waals surface area contributed by atoms with Crippen molar-refractivity contribution in [2.75, 3.05) is 17.7 Å². The molecular weight excluding hydrogens is 446 g/mol. The van der Waals surface area contributed by atoms with Gasteiger partial charge in [0.1, 0.15) is 5.75 Å². The highest BCUT2D eigenvalue weighted by Gasteiger charge is 2.13. The molecule has 2 aromatic carbocycles. The van der Waals surface area contributed by atoms with E-state index in [2.05, 4.69) is 27.2 Å². The van der Waals surface area contributed by atoms with Gasteiger partial charge in [0.2, 0.25) is 11.9 Å². The molecule has 1 aromatic heterocycles. The van der Waals surface area contributed by atoms with Crippen molar-refractivity contribution in [2.45, 2.75) is 52.6 Å². The van der Waals surface area contributed by atoms with E-state index < -0.39 is 5.97 Å². The smallest absolute Gasteiger partial charge is 0.306 e. The van der Waals surface area contributed by atoms with Gasteiger partial charge in [-0.05, 0) is 49.2 Å². The molecule has 0 aliphatic rings. The maximum absolute atomic E-state index is 12.4. The molecule has 0 amide bonds. The lowest BCUT2D eigenvalue weighted by atomic mass is 10.1. The number of benzene rings is 2. The highest BCUT2D eigenvalue weighted by atomic mass is 16.5. The number of anilines is 3. The lowest BCUT2D eigenvalue weighted by Gasteiger charge is -2.10. The Morgan fingerprint density at radius 1 is 0.971 bits per heavy atom. The number of unbranched alkanes of at least 4 members (excludes halogenated alkanes) is 2. The number of Topliss-reactive ketones (excluding diaryl/α,β-unsaturated/α-hetero) is 1. The predicted octanol–water partition coefficient (Wildman–Crippen LogP) is 4.78. The van der Waals surface area contributed by atoms with Gasteiger partial charge in [-0.2, -0.15) is 15.0 Å². The van der Waals surface area contributed by atoms with Crippen LogP contribution in [-0.2, 0) is 16.1 Å². The predicted molar refractivity (Wildman–Crippen MR) is 134 cm³/mol. The number of carbonyl (C=O) groups is 2. The molecule has 0 spiro atoms. The molecule has 0 unspecified atom stereocenters. The van der Waals surface area contributed by atoms with Gasteiger partial charge in [-0.1, -0.05) is 38.0 Å². The molecule has 184 valence electrons. The summed E-state index contributed by atoms with van der Waals surface area (Å²) in [6.45, 7) is 4.57. The minimum Gasteiger partial charge on any atom is -0.494 e. The number of hydrogen-bond acceptors (Lipinski definition) is 9. The molecule has 0 fully saturated rings. The van der Waals surface area contributed by atoms with Crippen LogP contribution in [0.1, 0.15) is 60.8 Å². The Kier molecular flexibility index (Phi) is 9.53. The second-order valence-electron chi connectivity index (χ2n) is 8.04. The van der Waals surface area contributed by atoms with E-state index >= 15 is 0 Å². The molecule has 0 atom stereocenters. The van der Waals surface area contributed by atoms with Crippen molar-refractivity contribution in [1.29, 1.82) is 0 Å². The van der Waals surface area contributed by atoms with Gasteiger partial charge in [0.15, 0.2) is 18.2 Å². The topological polar surface area (TPSA) is 129 Å². The minimum atomic E-state index is -0.526. The van der Waals surface area contributed by atoms with E-state index in [4.69, 9.17) is 15.2 Å². The summed E-state index contributed by atoms with van der Waals surface area (Å²) in [5, 5.41) is 3.08. The first-order valence-corrected chi connectivity index (χ1v) is 11.7. The molecule has 3 aromatic rings. The van der Waals surface area contributed by atoms with Crippen molar-refractivity contribution in [1.82, 2.24) is 15.0 Å². The van der Waals surface area contributed by atoms with Gasteiger partial charge in [-0.15, -0.1) is 0 Å². The first-order chi connectivity index (χ1) is 16.9. The molecule has 9 nitrogen and oxygen atoms in total. The summed E-state index contributed by atoms with van der Waals surface area (Å²) in [5.74, 6) is 0.531. The maximum Gasteiger partial charge on any atom is 0.306 e. The number of carbonyl (C=O) groups excluding carboxylic acids is 2. The fourth-order valence-corrected chi connectivity index (χ4v) is 3.25. The standard InChI is InChI=1S/C26H31N5O4/c1-3-4-7-16-34-20-12-10-19(11-13-20)22(32)14-15-24(33)35-17-23-29-25(27)31-26(30-23)28-21-9-6-5-8-18(21)2/h5-6,8-13H,3-4,7,14-17H2,1-2H3,(H3,27,28,29,30,31). The van der Waals surface area contributed by atoms with E-state index in [9.17, 15) is 9.59 Å². The number of nitrogens with one attached hydrogen (secondary N) is 1. The molecule has 0 bridgehead atoms. The number of esters is 1. The second-order valence-corrected chi connectivity index (χ2v) is 8.04. The lowest BCUT2D eigenvalue weighted by molar-refractivity contribution is -0.145. The molecule has 1 heterocycles. The summed E-state index contributed by atoms with van der Waals surface area (Å²) in [4.78, 5) is 36.9. The maximum atomic E-state index is 12.4. The van der Waals surface area contributed by atoms with Crippen LogP contribution in [0, 0.1) is 6.92 Å². The monoisotopic (exact) mass is 477 g/mol. The molecular formula is C26H31N5O4. The van der Waals surface area contributed by atoms with Crippen LogP contribution < -0.4 is 15.8 Å². The Bertz CT molecular complexity index is 1130. The van der Waals surface area contributed by atoms with Crippen LogP contribution in [0.25, 0.3) is 0 Å². The zero-order valence-electron chi connectivity index (χ0n) is 20.1. The van der Waals surface area contributed by atoms with Gasteiger partial charge in [0.05, 0.1) is 13.0 Å².